The molecule has 0 saturated heterocycles. The van der Waals surface area contributed by atoms with Crippen LogP contribution in [0.3, 0.4) is 0 Å². The molecule has 1 nitrogen and oxygen atoms in total. The van der Waals surface area contributed by atoms with Crippen molar-refractivity contribution < 1.29 is 0 Å². The summed E-state index contributed by atoms with van der Waals surface area (Å²) in [6.45, 7) is 6.99. The zero-order valence-corrected chi connectivity index (χ0v) is 13.7. The molecule has 2 aliphatic rings. The van der Waals surface area contributed by atoms with Gasteiger partial charge in [-0.05, 0) is 73.3 Å². The number of rotatable bonds is 0. The first-order valence-corrected chi connectivity index (χ1v) is 8.74. The maximum atomic E-state index is 3.65. The summed E-state index contributed by atoms with van der Waals surface area (Å²) in [4.78, 5) is 3.65. The minimum absolute atomic E-state index is 0.489. The second kappa shape index (κ2) is 4.63. The van der Waals surface area contributed by atoms with Gasteiger partial charge in [0, 0.05) is 16.6 Å². The molecule has 21 heavy (non-hydrogen) atoms. The second-order valence-corrected chi connectivity index (χ2v) is 7.70. The average molecular weight is 281 g/mol. The van der Waals surface area contributed by atoms with E-state index < -0.39 is 0 Å². The van der Waals surface area contributed by atoms with Crippen LogP contribution in [0.25, 0.3) is 10.9 Å². The molecule has 0 radical (unpaired) electrons. The molecule has 112 valence electrons. The summed E-state index contributed by atoms with van der Waals surface area (Å²) in [5.74, 6) is 0.707. The minimum atomic E-state index is 0.489. The van der Waals surface area contributed by atoms with E-state index in [4.69, 9.17) is 0 Å². The van der Waals surface area contributed by atoms with Crippen LogP contribution in [-0.2, 0) is 5.41 Å². The van der Waals surface area contributed by atoms with Crippen molar-refractivity contribution in [3.63, 3.8) is 0 Å². The molecule has 1 saturated carbocycles. The number of nitrogens with one attached hydrogen (secondary N) is 1. The molecule has 1 fully saturated rings. The summed E-state index contributed by atoms with van der Waals surface area (Å²) in [5, 5.41) is 1.42. The van der Waals surface area contributed by atoms with Crippen LogP contribution in [0.1, 0.15) is 80.2 Å². The molecule has 4 rings (SSSR count). The van der Waals surface area contributed by atoms with Gasteiger partial charge in [-0.1, -0.05) is 32.6 Å². The van der Waals surface area contributed by atoms with E-state index in [2.05, 4.69) is 37.9 Å². The summed E-state index contributed by atoms with van der Waals surface area (Å²) in [6, 6.07) is 4.75. The van der Waals surface area contributed by atoms with Crippen LogP contribution in [0.4, 0.5) is 0 Å². The molecule has 0 bridgehead atoms. The normalized spacial score (nSPS) is 24.4. The second-order valence-electron chi connectivity index (χ2n) is 7.70. The first-order valence-electron chi connectivity index (χ1n) is 8.74. The molecule has 1 heterocycles. The number of benzene rings is 1. The molecular formula is C20H27N. The topological polar surface area (TPSA) is 15.8 Å². The first-order chi connectivity index (χ1) is 10.1. The van der Waals surface area contributed by atoms with E-state index in [9.17, 15) is 0 Å². The van der Waals surface area contributed by atoms with Gasteiger partial charge >= 0.3 is 0 Å². The van der Waals surface area contributed by atoms with E-state index in [1.165, 1.54) is 61.5 Å². The van der Waals surface area contributed by atoms with Crippen LogP contribution < -0.4 is 0 Å². The van der Waals surface area contributed by atoms with Crippen LogP contribution in [0, 0.1) is 13.8 Å². The SMILES string of the molecule is Cc1cc2cc(C)c3c(c2[nH]1)C(C)CC31CCCCCC1. The Morgan fingerprint density at radius 1 is 1.05 bits per heavy atom. The Bertz CT molecular complexity index is 683. The third-order valence-corrected chi connectivity index (χ3v) is 6.07. The third-order valence-electron chi connectivity index (χ3n) is 6.07. The average Bonchev–Trinajstić information content (AvgIpc) is 2.81. The van der Waals surface area contributed by atoms with Gasteiger partial charge < -0.3 is 4.98 Å². The van der Waals surface area contributed by atoms with E-state index in [1.807, 2.05) is 0 Å². The lowest BCUT2D eigenvalue weighted by Gasteiger charge is -2.31. The van der Waals surface area contributed by atoms with Crippen molar-refractivity contribution in [1.82, 2.24) is 4.98 Å². The number of H-pyrrole nitrogens is 1. The Morgan fingerprint density at radius 3 is 2.48 bits per heavy atom. The number of fused-ring (bicyclic) bond motifs is 4. The van der Waals surface area contributed by atoms with Gasteiger partial charge in [0.25, 0.3) is 0 Å². The Labute approximate surface area is 128 Å². The highest BCUT2D eigenvalue weighted by molar-refractivity contribution is 5.87. The Morgan fingerprint density at radius 2 is 1.76 bits per heavy atom. The molecule has 2 aliphatic carbocycles. The van der Waals surface area contributed by atoms with Crippen molar-refractivity contribution in [3.8, 4) is 0 Å². The van der Waals surface area contributed by atoms with Crippen molar-refractivity contribution in [2.24, 2.45) is 0 Å². The molecule has 1 unspecified atom stereocenters. The summed E-state index contributed by atoms with van der Waals surface area (Å²) in [7, 11) is 0. The van der Waals surface area contributed by atoms with E-state index >= 15 is 0 Å². The van der Waals surface area contributed by atoms with E-state index in [0.717, 1.165) is 0 Å². The molecule has 1 heteroatoms. The number of hydrogen-bond donors (Lipinski definition) is 1. The van der Waals surface area contributed by atoms with Gasteiger partial charge in [-0.25, -0.2) is 0 Å². The van der Waals surface area contributed by atoms with Crippen LogP contribution in [0.2, 0.25) is 0 Å². The number of hydrogen-bond acceptors (Lipinski definition) is 0. The number of aromatic amines is 1. The van der Waals surface area contributed by atoms with Crippen molar-refractivity contribution in [3.05, 3.63) is 34.5 Å². The summed E-state index contributed by atoms with van der Waals surface area (Å²) in [5.41, 5.74) is 8.14. The van der Waals surface area contributed by atoms with Crippen molar-refractivity contribution in [2.45, 2.75) is 77.0 Å². The molecule has 2 aromatic rings. The standard InChI is InChI=1S/C20H27N/c1-13-10-16-11-15(3)21-19(16)17-14(2)12-20(18(13)17)8-6-4-5-7-9-20/h10-11,14,21H,4-9,12H2,1-3H3. The van der Waals surface area contributed by atoms with Crippen LogP contribution in [-0.4, -0.2) is 4.98 Å². The zero-order valence-electron chi connectivity index (χ0n) is 13.7. The van der Waals surface area contributed by atoms with Gasteiger partial charge in [0.05, 0.1) is 0 Å². The minimum Gasteiger partial charge on any atom is -0.358 e. The highest BCUT2D eigenvalue weighted by Crippen LogP contribution is 2.55. The van der Waals surface area contributed by atoms with Gasteiger partial charge in [-0.2, -0.15) is 0 Å². The molecule has 1 atom stereocenters. The lowest BCUT2D eigenvalue weighted by atomic mass is 9.73. The smallest absolute Gasteiger partial charge is 0.0494 e. The van der Waals surface area contributed by atoms with Gasteiger partial charge in [-0.15, -0.1) is 0 Å². The summed E-state index contributed by atoms with van der Waals surface area (Å²) in [6.07, 6.45) is 9.93. The Hall–Kier alpha value is -1.24. The van der Waals surface area contributed by atoms with E-state index in [0.29, 0.717) is 11.3 Å². The Balaban J connectivity index is 1.98. The lowest BCUT2D eigenvalue weighted by molar-refractivity contribution is 0.353. The van der Waals surface area contributed by atoms with Crippen LogP contribution in [0.5, 0.6) is 0 Å². The third kappa shape index (κ3) is 1.89. The van der Waals surface area contributed by atoms with E-state index in [-0.39, 0.29) is 0 Å². The van der Waals surface area contributed by atoms with Gasteiger partial charge in [0.1, 0.15) is 0 Å². The van der Waals surface area contributed by atoms with Gasteiger partial charge in [-0.3, -0.25) is 0 Å². The lowest BCUT2D eigenvalue weighted by Crippen LogP contribution is -2.23. The fraction of sp³-hybridized carbons (Fsp3) is 0.600. The molecule has 1 aromatic carbocycles. The largest absolute Gasteiger partial charge is 0.358 e. The maximum absolute atomic E-state index is 3.65. The van der Waals surface area contributed by atoms with Crippen molar-refractivity contribution >= 4 is 10.9 Å². The fourth-order valence-corrected chi connectivity index (χ4v) is 5.44. The first kappa shape index (κ1) is 13.4. The molecule has 1 N–H and O–H groups in total. The summed E-state index contributed by atoms with van der Waals surface area (Å²) < 4.78 is 0. The van der Waals surface area contributed by atoms with Gasteiger partial charge in [0.15, 0.2) is 0 Å². The molecular weight excluding hydrogens is 254 g/mol. The molecule has 0 aliphatic heterocycles. The van der Waals surface area contributed by atoms with E-state index in [1.54, 1.807) is 16.7 Å². The Kier molecular flexibility index (Phi) is 2.96. The number of aryl methyl sites for hydroxylation is 2. The van der Waals surface area contributed by atoms with Crippen molar-refractivity contribution in [1.29, 1.82) is 0 Å². The summed E-state index contributed by atoms with van der Waals surface area (Å²) >= 11 is 0. The molecule has 0 amide bonds. The van der Waals surface area contributed by atoms with Crippen LogP contribution in [0.15, 0.2) is 12.1 Å². The van der Waals surface area contributed by atoms with Crippen LogP contribution >= 0.6 is 0 Å². The highest BCUT2D eigenvalue weighted by atomic mass is 14.7. The maximum Gasteiger partial charge on any atom is 0.0494 e. The predicted octanol–water partition coefficient (Wildman–Crippen LogP) is 5.88. The zero-order chi connectivity index (χ0) is 14.6. The predicted molar refractivity (Wildman–Crippen MR) is 90.2 cm³/mol. The van der Waals surface area contributed by atoms with Crippen molar-refractivity contribution in [2.75, 3.05) is 0 Å². The quantitative estimate of drug-likeness (QED) is 0.620. The molecule has 1 spiro atoms. The number of aromatic nitrogens is 1. The fourth-order valence-electron chi connectivity index (χ4n) is 5.44. The highest BCUT2D eigenvalue weighted by Gasteiger charge is 2.44. The monoisotopic (exact) mass is 281 g/mol. The van der Waals surface area contributed by atoms with Gasteiger partial charge in [0.2, 0.25) is 0 Å². The molecule has 1 aromatic heterocycles.